The third-order valence-electron chi connectivity index (χ3n) is 4.95. The number of unbranched alkanes of at least 4 members (excludes halogenated alkanes) is 2. The van der Waals surface area contributed by atoms with Crippen LogP contribution >= 0.6 is 0 Å². The molecule has 24 heavy (non-hydrogen) atoms. The molecule has 136 valence electrons. The van der Waals surface area contributed by atoms with Gasteiger partial charge in [-0.2, -0.15) is 0 Å². The molecule has 0 aliphatic rings. The number of allylic oxidation sites excluding steroid dienone is 1. The van der Waals surface area contributed by atoms with Crippen molar-refractivity contribution in [3.63, 3.8) is 0 Å². The Balaban J connectivity index is 3.16. The fraction of sp³-hybridized carbons (Fsp3) is 0.636. The number of hydrogen-bond acceptors (Lipinski definition) is 2. The van der Waals surface area contributed by atoms with Gasteiger partial charge in [0.1, 0.15) is 11.5 Å². The summed E-state index contributed by atoms with van der Waals surface area (Å²) in [6, 6.07) is 3.71. The summed E-state index contributed by atoms with van der Waals surface area (Å²) in [6.07, 6.45) is 8.44. The van der Waals surface area contributed by atoms with Crippen LogP contribution in [0.3, 0.4) is 0 Å². The molecule has 2 N–H and O–H groups in total. The molecule has 0 fully saturated rings. The maximum atomic E-state index is 10.6. The first-order valence-corrected chi connectivity index (χ1v) is 9.66. The van der Waals surface area contributed by atoms with Crippen molar-refractivity contribution < 1.29 is 10.2 Å². The van der Waals surface area contributed by atoms with E-state index in [1.54, 1.807) is 0 Å². The summed E-state index contributed by atoms with van der Waals surface area (Å²) in [5, 5.41) is 21.3. The van der Waals surface area contributed by atoms with Crippen molar-refractivity contribution in [1.82, 2.24) is 0 Å². The van der Waals surface area contributed by atoms with Crippen molar-refractivity contribution in [1.29, 1.82) is 0 Å². The van der Waals surface area contributed by atoms with Crippen molar-refractivity contribution in [3.8, 4) is 11.5 Å². The SMILES string of the molecule is C=C(C)C(CCC)C(CCC)c1c(O)cc(CCCCC)cc1O. The van der Waals surface area contributed by atoms with Gasteiger partial charge in [0, 0.05) is 5.56 Å². The number of aromatic hydroxyl groups is 2. The summed E-state index contributed by atoms with van der Waals surface area (Å²) in [5.41, 5.74) is 2.89. The Hall–Kier alpha value is -1.44. The van der Waals surface area contributed by atoms with Gasteiger partial charge in [-0.15, -0.1) is 0 Å². The van der Waals surface area contributed by atoms with Crippen LogP contribution in [0.4, 0.5) is 0 Å². The maximum Gasteiger partial charge on any atom is 0.123 e. The second-order valence-corrected chi connectivity index (χ2v) is 7.14. The average molecular weight is 333 g/mol. The monoisotopic (exact) mass is 332 g/mol. The molecule has 0 aliphatic heterocycles. The standard InChI is InChI=1S/C22H36O2/c1-6-9-10-13-17-14-20(23)22(21(24)15-17)19(12-8-3)18(11-7-2)16(4)5/h14-15,18-19,23-24H,4,6-13H2,1-3,5H3. The van der Waals surface area contributed by atoms with Crippen LogP contribution in [-0.4, -0.2) is 10.2 Å². The number of phenols is 2. The highest BCUT2D eigenvalue weighted by Gasteiger charge is 2.27. The molecule has 0 saturated carbocycles. The van der Waals surface area contributed by atoms with Gasteiger partial charge in [0.15, 0.2) is 0 Å². The van der Waals surface area contributed by atoms with Crippen molar-refractivity contribution in [2.24, 2.45) is 5.92 Å². The summed E-state index contributed by atoms with van der Waals surface area (Å²) < 4.78 is 0. The highest BCUT2D eigenvalue weighted by Crippen LogP contribution is 2.44. The molecule has 2 unspecified atom stereocenters. The highest BCUT2D eigenvalue weighted by molar-refractivity contribution is 5.49. The molecule has 0 spiro atoms. The lowest BCUT2D eigenvalue weighted by Crippen LogP contribution is -2.15. The molecule has 1 aromatic rings. The number of benzene rings is 1. The van der Waals surface area contributed by atoms with Gasteiger partial charge in [-0.25, -0.2) is 0 Å². The first-order chi connectivity index (χ1) is 11.5. The third kappa shape index (κ3) is 5.58. The zero-order valence-corrected chi connectivity index (χ0v) is 16.1. The van der Waals surface area contributed by atoms with E-state index in [2.05, 4.69) is 34.3 Å². The molecule has 0 aromatic heterocycles. The molecule has 2 heteroatoms. The number of hydrogen-bond donors (Lipinski definition) is 2. The molecule has 2 nitrogen and oxygen atoms in total. The second-order valence-electron chi connectivity index (χ2n) is 7.14. The van der Waals surface area contributed by atoms with Gasteiger partial charge in [0.05, 0.1) is 0 Å². The summed E-state index contributed by atoms with van der Waals surface area (Å²) in [5.74, 6) is 0.944. The minimum atomic E-state index is 0.136. The van der Waals surface area contributed by atoms with Crippen molar-refractivity contribution in [2.75, 3.05) is 0 Å². The Kier molecular flexibility index (Phi) is 8.95. The Morgan fingerprint density at radius 2 is 1.54 bits per heavy atom. The van der Waals surface area contributed by atoms with Gasteiger partial charge in [-0.3, -0.25) is 0 Å². The third-order valence-corrected chi connectivity index (χ3v) is 4.95. The van der Waals surface area contributed by atoms with Crippen molar-refractivity contribution in [3.05, 3.63) is 35.4 Å². The van der Waals surface area contributed by atoms with E-state index in [0.717, 1.165) is 55.2 Å². The minimum Gasteiger partial charge on any atom is -0.508 e. The molecule has 0 saturated heterocycles. The van der Waals surface area contributed by atoms with E-state index in [9.17, 15) is 10.2 Å². The zero-order valence-electron chi connectivity index (χ0n) is 16.1. The van der Waals surface area contributed by atoms with Gasteiger partial charge in [0.2, 0.25) is 0 Å². The fourth-order valence-electron chi connectivity index (χ4n) is 3.74. The van der Waals surface area contributed by atoms with Gasteiger partial charge in [-0.05, 0) is 62.1 Å². The van der Waals surface area contributed by atoms with E-state index in [0.29, 0.717) is 5.92 Å². The van der Waals surface area contributed by atoms with Crippen molar-refractivity contribution in [2.45, 2.75) is 85.0 Å². The Morgan fingerprint density at radius 3 is 2.00 bits per heavy atom. The van der Waals surface area contributed by atoms with E-state index >= 15 is 0 Å². The first kappa shape index (κ1) is 20.6. The smallest absolute Gasteiger partial charge is 0.123 e. The van der Waals surface area contributed by atoms with Crippen LogP contribution in [0.5, 0.6) is 11.5 Å². The highest BCUT2D eigenvalue weighted by atomic mass is 16.3. The van der Waals surface area contributed by atoms with Crippen LogP contribution < -0.4 is 0 Å². The number of phenolic OH excluding ortho intramolecular Hbond substituents is 2. The number of aryl methyl sites for hydroxylation is 1. The molecule has 0 bridgehead atoms. The molecule has 0 radical (unpaired) electrons. The summed E-state index contributed by atoms with van der Waals surface area (Å²) in [6.45, 7) is 12.7. The fourth-order valence-corrected chi connectivity index (χ4v) is 3.74. The first-order valence-electron chi connectivity index (χ1n) is 9.66. The summed E-state index contributed by atoms with van der Waals surface area (Å²) in [4.78, 5) is 0. The van der Waals surface area contributed by atoms with Crippen LogP contribution in [0, 0.1) is 5.92 Å². The Labute approximate surface area is 148 Å². The molecule has 1 aromatic carbocycles. The molecule has 2 atom stereocenters. The van der Waals surface area contributed by atoms with E-state index in [-0.39, 0.29) is 17.4 Å². The van der Waals surface area contributed by atoms with E-state index in [1.165, 1.54) is 12.8 Å². The molecule has 0 heterocycles. The van der Waals surface area contributed by atoms with Gasteiger partial charge in [0.25, 0.3) is 0 Å². The molecular weight excluding hydrogens is 296 g/mol. The molecule has 0 amide bonds. The van der Waals surface area contributed by atoms with Crippen LogP contribution in [0.2, 0.25) is 0 Å². The van der Waals surface area contributed by atoms with Crippen molar-refractivity contribution >= 4 is 0 Å². The van der Waals surface area contributed by atoms with Crippen LogP contribution in [0.1, 0.15) is 89.7 Å². The lowest BCUT2D eigenvalue weighted by molar-refractivity contribution is 0.375. The minimum absolute atomic E-state index is 0.136. The van der Waals surface area contributed by atoms with E-state index < -0.39 is 0 Å². The topological polar surface area (TPSA) is 40.5 Å². The van der Waals surface area contributed by atoms with Crippen LogP contribution in [-0.2, 0) is 6.42 Å². The average Bonchev–Trinajstić information content (AvgIpc) is 2.51. The lowest BCUT2D eigenvalue weighted by atomic mass is 9.76. The zero-order chi connectivity index (χ0) is 18.1. The van der Waals surface area contributed by atoms with Gasteiger partial charge in [-0.1, -0.05) is 58.6 Å². The van der Waals surface area contributed by atoms with Crippen LogP contribution in [0.25, 0.3) is 0 Å². The lowest BCUT2D eigenvalue weighted by Gasteiger charge is -2.29. The molecule has 0 aliphatic carbocycles. The molecular formula is C22H36O2. The largest absolute Gasteiger partial charge is 0.508 e. The molecule has 1 rings (SSSR count). The quantitative estimate of drug-likeness (QED) is 0.349. The predicted molar refractivity (Wildman–Crippen MR) is 104 cm³/mol. The number of rotatable bonds is 11. The van der Waals surface area contributed by atoms with Gasteiger partial charge < -0.3 is 10.2 Å². The predicted octanol–water partition coefficient (Wildman–Crippen LogP) is 6.71. The van der Waals surface area contributed by atoms with E-state index in [4.69, 9.17) is 0 Å². The Morgan fingerprint density at radius 1 is 0.958 bits per heavy atom. The van der Waals surface area contributed by atoms with Gasteiger partial charge >= 0.3 is 0 Å². The summed E-state index contributed by atoms with van der Waals surface area (Å²) in [7, 11) is 0. The maximum absolute atomic E-state index is 10.6. The second kappa shape index (κ2) is 10.4. The summed E-state index contributed by atoms with van der Waals surface area (Å²) >= 11 is 0. The van der Waals surface area contributed by atoms with Crippen LogP contribution in [0.15, 0.2) is 24.3 Å². The van der Waals surface area contributed by atoms with E-state index in [1.807, 2.05) is 12.1 Å². The normalized spacial score (nSPS) is 13.7. The Bertz CT molecular complexity index is 496.